The fourth-order valence-corrected chi connectivity index (χ4v) is 4.02. The Morgan fingerprint density at radius 3 is 2.65 bits per heavy atom. The van der Waals surface area contributed by atoms with Gasteiger partial charge in [-0.2, -0.15) is 0 Å². The van der Waals surface area contributed by atoms with Crippen molar-refractivity contribution < 1.29 is 4.43 Å². The Kier molecular flexibility index (Phi) is 3.21. The minimum atomic E-state index is -1.69. The van der Waals surface area contributed by atoms with Gasteiger partial charge in [-0.1, -0.05) is 20.8 Å². The largest absolute Gasteiger partial charge is 0.537 e. The van der Waals surface area contributed by atoms with Crippen molar-refractivity contribution in [3.05, 3.63) is 16.5 Å². The Labute approximate surface area is 109 Å². The fourth-order valence-electron chi connectivity index (χ4n) is 1.51. The first-order valence-electron chi connectivity index (χ1n) is 6.11. The number of nitrogens with zero attached hydrogens (tertiary/aromatic N) is 1. The molecular formula is C13H21NOSSi. The highest BCUT2D eigenvalue weighted by Crippen LogP contribution is 2.40. The van der Waals surface area contributed by atoms with Crippen molar-refractivity contribution in [3.8, 4) is 5.06 Å². The number of rotatable bonds is 2. The van der Waals surface area contributed by atoms with Gasteiger partial charge >= 0.3 is 0 Å². The molecule has 0 bridgehead atoms. The predicted octanol–water partition coefficient (Wildman–Crippen LogP) is 4.11. The van der Waals surface area contributed by atoms with E-state index in [4.69, 9.17) is 4.43 Å². The first-order valence-corrected chi connectivity index (χ1v) is 9.84. The normalized spacial score (nSPS) is 15.8. The summed E-state index contributed by atoms with van der Waals surface area (Å²) in [6.07, 6.45) is 3.05. The van der Waals surface area contributed by atoms with E-state index in [9.17, 15) is 0 Å². The first kappa shape index (κ1) is 12.8. The third kappa shape index (κ3) is 2.63. The second kappa shape index (κ2) is 4.25. The molecule has 0 atom stereocenters. The van der Waals surface area contributed by atoms with Gasteiger partial charge in [-0.15, -0.1) is 11.3 Å². The molecule has 0 saturated heterocycles. The Morgan fingerprint density at radius 1 is 1.35 bits per heavy atom. The second-order valence-electron chi connectivity index (χ2n) is 6.09. The van der Waals surface area contributed by atoms with Crippen molar-refractivity contribution in [2.24, 2.45) is 4.99 Å². The molecule has 2 heterocycles. The quantitative estimate of drug-likeness (QED) is 0.739. The monoisotopic (exact) mass is 267 g/mol. The summed E-state index contributed by atoms with van der Waals surface area (Å²) in [5, 5.41) is 1.33. The molecule has 0 fully saturated rings. The molecule has 0 aliphatic carbocycles. The van der Waals surface area contributed by atoms with Crippen molar-refractivity contribution in [2.45, 2.75) is 45.3 Å². The van der Waals surface area contributed by atoms with Crippen molar-refractivity contribution in [3.63, 3.8) is 0 Å². The average Bonchev–Trinajstić information content (AvgIpc) is 2.56. The van der Waals surface area contributed by atoms with Crippen LogP contribution in [0.2, 0.25) is 18.1 Å². The van der Waals surface area contributed by atoms with Gasteiger partial charge in [-0.3, -0.25) is 4.99 Å². The van der Waals surface area contributed by atoms with Crippen LogP contribution in [-0.2, 0) is 6.42 Å². The summed E-state index contributed by atoms with van der Waals surface area (Å²) in [5.41, 5.74) is 1.26. The van der Waals surface area contributed by atoms with E-state index in [1.54, 1.807) is 11.3 Å². The summed E-state index contributed by atoms with van der Waals surface area (Å²) >= 11 is 1.80. The van der Waals surface area contributed by atoms with E-state index in [-0.39, 0.29) is 5.04 Å². The van der Waals surface area contributed by atoms with Crippen LogP contribution in [0.25, 0.3) is 0 Å². The standard InChI is InChI=1S/C13H21NOSSi/c1-13(2,3)17(4,5)15-12-8-10-9-14-7-6-11(10)16-12/h8-9H,6-7H2,1-5H3. The van der Waals surface area contributed by atoms with Crippen LogP contribution < -0.4 is 4.43 Å². The molecule has 1 aromatic rings. The van der Waals surface area contributed by atoms with Gasteiger partial charge in [0.1, 0.15) is 0 Å². The van der Waals surface area contributed by atoms with E-state index in [1.807, 2.05) is 6.21 Å². The Balaban J connectivity index is 2.20. The second-order valence-corrected chi connectivity index (χ2v) is 11.9. The van der Waals surface area contributed by atoms with Gasteiger partial charge in [-0.05, 0) is 24.2 Å². The van der Waals surface area contributed by atoms with Gasteiger partial charge < -0.3 is 4.43 Å². The zero-order valence-corrected chi connectivity index (χ0v) is 13.1. The highest BCUT2D eigenvalue weighted by atomic mass is 32.1. The lowest BCUT2D eigenvalue weighted by Crippen LogP contribution is -2.43. The molecule has 0 amide bonds. The van der Waals surface area contributed by atoms with Crippen molar-refractivity contribution in [1.29, 1.82) is 0 Å². The van der Waals surface area contributed by atoms with E-state index in [0.717, 1.165) is 18.0 Å². The highest BCUT2D eigenvalue weighted by molar-refractivity contribution is 7.14. The Bertz CT molecular complexity index is 443. The van der Waals surface area contributed by atoms with Crippen LogP contribution in [0.15, 0.2) is 11.1 Å². The number of hydrogen-bond acceptors (Lipinski definition) is 3. The van der Waals surface area contributed by atoms with Crippen molar-refractivity contribution in [2.75, 3.05) is 6.54 Å². The average molecular weight is 267 g/mol. The third-order valence-corrected chi connectivity index (χ3v) is 9.26. The van der Waals surface area contributed by atoms with Gasteiger partial charge in [0.05, 0.1) is 0 Å². The van der Waals surface area contributed by atoms with Crippen LogP contribution in [0.1, 0.15) is 31.2 Å². The van der Waals surface area contributed by atoms with Crippen molar-refractivity contribution in [1.82, 2.24) is 0 Å². The molecule has 4 heteroatoms. The van der Waals surface area contributed by atoms with Crippen LogP contribution >= 0.6 is 11.3 Å². The third-order valence-electron chi connectivity index (χ3n) is 3.68. The van der Waals surface area contributed by atoms with Gasteiger partial charge in [0.2, 0.25) is 0 Å². The molecular weight excluding hydrogens is 246 g/mol. The lowest BCUT2D eigenvalue weighted by molar-refractivity contribution is 0.503. The van der Waals surface area contributed by atoms with Gasteiger partial charge in [-0.25, -0.2) is 0 Å². The minimum Gasteiger partial charge on any atom is -0.537 e. The lowest BCUT2D eigenvalue weighted by atomic mass is 10.2. The maximum atomic E-state index is 6.31. The molecule has 94 valence electrons. The number of fused-ring (bicyclic) bond motifs is 1. The maximum Gasteiger partial charge on any atom is 0.251 e. The van der Waals surface area contributed by atoms with E-state index in [0.29, 0.717) is 0 Å². The molecule has 0 N–H and O–H groups in total. The topological polar surface area (TPSA) is 21.6 Å². The Hall–Kier alpha value is -0.613. The number of aliphatic imine (C=N–C) groups is 1. The molecule has 2 rings (SSSR count). The molecule has 0 unspecified atom stereocenters. The molecule has 0 radical (unpaired) electrons. The summed E-state index contributed by atoms with van der Waals surface area (Å²) < 4.78 is 6.31. The van der Waals surface area contributed by atoms with E-state index in [2.05, 4.69) is 44.9 Å². The van der Waals surface area contributed by atoms with E-state index >= 15 is 0 Å². The molecule has 0 aromatic carbocycles. The molecule has 0 saturated carbocycles. The number of thiophene rings is 1. The molecule has 1 aliphatic rings. The molecule has 1 aromatic heterocycles. The SMILES string of the molecule is CC(C)(C)[Si](C)(C)Oc1cc2c(s1)CCN=C2. The molecule has 0 spiro atoms. The summed E-state index contributed by atoms with van der Waals surface area (Å²) in [7, 11) is -1.69. The van der Waals surface area contributed by atoms with Crippen LogP contribution in [0.5, 0.6) is 5.06 Å². The number of hydrogen-bond donors (Lipinski definition) is 0. The van der Waals surface area contributed by atoms with Gasteiger partial charge in [0, 0.05) is 29.6 Å². The molecule has 1 aliphatic heterocycles. The lowest BCUT2D eigenvalue weighted by Gasteiger charge is -2.35. The van der Waals surface area contributed by atoms with Crippen LogP contribution in [0.3, 0.4) is 0 Å². The summed E-state index contributed by atoms with van der Waals surface area (Å²) in [5.74, 6) is 0. The zero-order chi connectivity index (χ0) is 12.7. The Morgan fingerprint density at radius 2 is 2.06 bits per heavy atom. The maximum absolute atomic E-state index is 6.31. The van der Waals surface area contributed by atoms with Gasteiger partial charge in [0.15, 0.2) is 5.06 Å². The zero-order valence-electron chi connectivity index (χ0n) is 11.3. The fraction of sp³-hybridized carbons (Fsp3) is 0.615. The summed E-state index contributed by atoms with van der Waals surface area (Å²) in [6, 6.07) is 2.16. The smallest absolute Gasteiger partial charge is 0.251 e. The summed E-state index contributed by atoms with van der Waals surface area (Å²) in [4.78, 5) is 5.74. The predicted molar refractivity (Wildman–Crippen MR) is 78.3 cm³/mol. The van der Waals surface area contributed by atoms with Crippen LogP contribution in [0, 0.1) is 0 Å². The van der Waals surface area contributed by atoms with Crippen LogP contribution in [-0.4, -0.2) is 21.1 Å². The first-order chi connectivity index (χ1) is 7.79. The molecule has 17 heavy (non-hydrogen) atoms. The molecule has 2 nitrogen and oxygen atoms in total. The van der Waals surface area contributed by atoms with E-state index in [1.165, 1.54) is 10.4 Å². The summed E-state index contributed by atoms with van der Waals surface area (Å²) in [6.45, 7) is 12.3. The highest BCUT2D eigenvalue weighted by Gasteiger charge is 2.39. The minimum absolute atomic E-state index is 0.256. The van der Waals surface area contributed by atoms with E-state index < -0.39 is 8.32 Å². The van der Waals surface area contributed by atoms with Crippen molar-refractivity contribution >= 4 is 25.9 Å². The van der Waals surface area contributed by atoms with Crippen LogP contribution in [0.4, 0.5) is 0 Å². The van der Waals surface area contributed by atoms with Gasteiger partial charge in [0.25, 0.3) is 8.32 Å².